The second kappa shape index (κ2) is 5.98. The van der Waals surface area contributed by atoms with Crippen LogP contribution in [0.25, 0.3) is 0 Å². The number of carbonyl (C=O) groups is 1. The zero-order valence-corrected chi connectivity index (χ0v) is 11.3. The van der Waals surface area contributed by atoms with Crippen molar-refractivity contribution >= 4 is 15.9 Å². The predicted octanol–water partition coefficient (Wildman–Crippen LogP) is 0.377. The predicted molar refractivity (Wildman–Crippen MR) is 66.5 cm³/mol. The summed E-state index contributed by atoms with van der Waals surface area (Å²) < 4.78 is 40.9. The maximum atomic E-state index is 13.0. The Kier molecular flexibility index (Phi) is 4.84. The molecule has 6 nitrogen and oxygen atoms in total. The number of sulfonamides is 1. The molecule has 3 N–H and O–H groups in total. The van der Waals surface area contributed by atoms with Crippen LogP contribution in [0.2, 0.25) is 0 Å². The Morgan fingerprint density at radius 2 is 2.16 bits per heavy atom. The maximum absolute atomic E-state index is 13.0. The second-order valence-electron chi connectivity index (χ2n) is 3.79. The molecule has 0 aliphatic rings. The highest BCUT2D eigenvalue weighted by atomic mass is 32.2. The van der Waals surface area contributed by atoms with Crippen LogP contribution in [0, 0.1) is 5.82 Å². The molecule has 0 bridgehead atoms. The molecule has 0 heterocycles. The first-order valence-corrected chi connectivity index (χ1v) is 7.07. The number of halogens is 1. The van der Waals surface area contributed by atoms with Gasteiger partial charge in [0.25, 0.3) is 5.91 Å². The van der Waals surface area contributed by atoms with Gasteiger partial charge < -0.3 is 10.1 Å². The van der Waals surface area contributed by atoms with Crippen molar-refractivity contribution in [3.05, 3.63) is 24.0 Å². The highest BCUT2D eigenvalue weighted by Gasteiger charge is 2.20. The fraction of sp³-hybridized carbons (Fsp3) is 0.364. The summed E-state index contributed by atoms with van der Waals surface area (Å²) in [5.74, 6) is -1.34. The molecule has 1 amide bonds. The van der Waals surface area contributed by atoms with Crippen molar-refractivity contribution in [2.75, 3.05) is 6.54 Å². The van der Waals surface area contributed by atoms with Gasteiger partial charge in [0.2, 0.25) is 10.0 Å². The van der Waals surface area contributed by atoms with Gasteiger partial charge in [-0.3, -0.25) is 4.79 Å². The molecular weight excluding hydrogens is 275 g/mol. The average molecular weight is 290 g/mol. The van der Waals surface area contributed by atoms with Crippen LogP contribution in [-0.4, -0.2) is 27.0 Å². The molecule has 0 saturated heterocycles. The first-order chi connectivity index (χ1) is 8.75. The largest absolute Gasteiger partial charge is 0.479 e. The molecule has 1 unspecified atom stereocenters. The van der Waals surface area contributed by atoms with E-state index in [4.69, 9.17) is 9.88 Å². The van der Waals surface area contributed by atoms with Crippen LogP contribution in [0.1, 0.15) is 13.8 Å². The summed E-state index contributed by atoms with van der Waals surface area (Å²) in [4.78, 5) is 11.0. The van der Waals surface area contributed by atoms with Gasteiger partial charge in [-0.25, -0.2) is 17.9 Å². The zero-order chi connectivity index (χ0) is 14.6. The molecule has 1 aromatic rings. The minimum absolute atomic E-state index is 0.164. The van der Waals surface area contributed by atoms with Gasteiger partial charge in [-0.1, -0.05) is 0 Å². The molecule has 0 fully saturated rings. The van der Waals surface area contributed by atoms with Crippen LogP contribution in [-0.2, 0) is 14.8 Å². The highest BCUT2D eigenvalue weighted by Crippen LogP contribution is 2.24. The van der Waals surface area contributed by atoms with Crippen molar-refractivity contribution in [2.45, 2.75) is 24.8 Å². The number of amides is 1. The van der Waals surface area contributed by atoms with Crippen molar-refractivity contribution in [1.29, 1.82) is 0 Å². The van der Waals surface area contributed by atoms with Crippen LogP contribution in [0.3, 0.4) is 0 Å². The molecule has 0 saturated carbocycles. The average Bonchev–Trinajstić information content (AvgIpc) is 2.30. The highest BCUT2D eigenvalue weighted by molar-refractivity contribution is 7.89. The Balaban J connectivity index is 3.05. The van der Waals surface area contributed by atoms with Crippen LogP contribution in [0.5, 0.6) is 5.75 Å². The van der Waals surface area contributed by atoms with Gasteiger partial charge in [-0.2, -0.15) is 0 Å². The molecule has 0 aromatic heterocycles. The molecule has 0 aliphatic carbocycles. The Morgan fingerprint density at radius 1 is 1.53 bits per heavy atom. The topological polar surface area (TPSA) is 98.5 Å². The lowest BCUT2D eigenvalue weighted by Gasteiger charge is -2.16. The number of hydrogen-bond donors (Lipinski definition) is 2. The Morgan fingerprint density at radius 3 is 2.68 bits per heavy atom. The van der Waals surface area contributed by atoms with Gasteiger partial charge in [0.15, 0.2) is 6.10 Å². The SMILES string of the molecule is CCNC(=O)C(C)Oc1ccc(F)cc1S(N)(=O)=O. The number of ether oxygens (including phenoxy) is 1. The molecule has 106 valence electrons. The van der Waals surface area contributed by atoms with Gasteiger partial charge in [0, 0.05) is 6.54 Å². The molecule has 8 heteroatoms. The minimum Gasteiger partial charge on any atom is -0.479 e. The van der Waals surface area contributed by atoms with Gasteiger partial charge in [0.05, 0.1) is 0 Å². The summed E-state index contributed by atoms with van der Waals surface area (Å²) in [6.07, 6.45) is -0.925. The van der Waals surface area contributed by atoms with Crippen molar-refractivity contribution in [1.82, 2.24) is 5.32 Å². The van der Waals surface area contributed by atoms with Crippen molar-refractivity contribution < 1.29 is 22.3 Å². The number of hydrogen-bond acceptors (Lipinski definition) is 4. The third-order valence-corrected chi connectivity index (χ3v) is 3.17. The zero-order valence-electron chi connectivity index (χ0n) is 10.5. The fourth-order valence-corrected chi connectivity index (χ4v) is 2.04. The third-order valence-electron chi connectivity index (χ3n) is 2.24. The van der Waals surface area contributed by atoms with E-state index >= 15 is 0 Å². The summed E-state index contributed by atoms with van der Waals surface area (Å²) in [7, 11) is -4.14. The number of nitrogens with one attached hydrogen (secondary N) is 1. The van der Waals surface area contributed by atoms with E-state index < -0.39 is 32.7 Å². The first-order valence-electron chi connectivity index (χ1n) is 5.52. The fourth-order valence-electron chi connectivity index (χ4n) is 1.36. The first kappa shape index (κ1) is 15.4. The van der Waals surface area contributed by atoms with Crippen LogP contribution in [0.15, 0.2) is 23.1 Å². The molecule has 19 heavy (non-hydrogen) atoms. The number of rotatable bonds is 5. The number of benzene rings is 1. The molecule has 1 atom stereocenters. The van der Waals surface area contributed by atoms with E-state index in [1.807, 2.05) is 0 Å². The summed E-state index contributed by atoms with van der Waals surface area (Å²) in [6.45, 7) is 3.59. The van der Waals surface area contributed by atoms with E-state index in [9.17, 15) is 17.6 Å². The van der Waals surface area contributed by atoms with Gasteiger partial charge >= 0.3 is 0 Å². The number of likely N-dealkylation sites (N-methyl/N-ethyl adjacent to an activating group) is 1. The molecule has 0 spiro atoms. The molecule has 1 aromatic carbocycles. The van der Waals surface area contributed by atoms with E-state index in [2.05, 4.69) is 5.32 Å². The monoisotopic (exact) mass is 290 g/mol. The van der Waals surface area contributed by atoms with Gasteiger partial charge in [-0.05, 0) is 32.0 Å². The van der Waals surface area contributed by atoms with Gasteiger partial charge in [0.1, 0.15) is 16.5 Å². The number of nitrogens with two attached hydrogens (primary N) is 1. The lowest BCUT2D eigenvalue weighted by atomic mass is 10.3. The minimum atomic E-state index is -4.14. The smallest absolute Gasteiger partial charge is 0.260 e. The van der Waals surface area contributed by atoms with Gasteiger partial charge in [-0.15, -0.1) is 0 Å². The summed E-state index contributed by atoms with van der Waals surface area (Å²) >= 11 is 0. The summed E-state index contributed by atoms with van der Waals surface area (Å²) in [6, 6.07) is 2.88. The number of carbonyl (C=O) groups excluding carboxylic acids is 1. The normalized spacial score (nSPS) is 12.8. The summed E-state index contributed by atoms with van der Waals surface area (Å²) in [5.41, 5.74) is 0. The van der Waals surface area contributed by atoms with Crippen molar-refractivity contribution in [3.63, 3.8) is 0 Å². The second-order valence-corrected chi connectivity index (χ2v) is 5.32. The quantitative estimate of drug-likeness (QED) is 0.818. The van der Waals surface area contributed by atoms with E-state index in [0.717, 1.165) is 18.2 Å². The van der Waals surface area contributed by atoms with Crippen molar-refractivity contribution in [3.8, 4) is 5.75 Å². The van der Waals surface area contributed by atoms with E-state index in [1.165, 1.54) is 6.92 Å². The number of primary sulfonamides is 1. The Hall–Kier alpha value is -1.67. The lowest BCUT2D eigenvalue weighted by Crippen LogP contribution is -2.36. The lowest BCUT2D eigenvalue weighted by molar-refractivity contribution is -0.127. The Bertz CT molecular complexity index is 574. The van der Waals surface area contributed by atoms with Crippen LogP contribution in [0.4, 0.5) is 4.39 Å². The van der Waals surface area contributed by atoms with Crippen LogP contribution >= 0.6 is 0 Å². The summed E-state index contributed by atoms with van der Waals surface area (Å²) in [5, 5.41) is 7.48. The van der Waals surface area contributed by atoms with E-state index in [0.29, 0.717) is 6.54 Å². The van der Waals surface area contributed by atoms with Crippen molar-refractivity contribution in [2.24, 2.45) is 5.14 Å². The van der Waals surface area contributed by atoms with Crippen LogP contribution < -0.4 is 15.2 Å². The molecule has 0 radical (unpaired) electrons. The van der Waals surface area contributed by atoms with E-state index in [1.54, 1.807) is 6.92 Å². The third kappa shape index (κ3) is 4.18. The molecule has 1 rings (SSSR count). The Labute approximate surface area is 110 Å². The van der Waals surface area contributed by atoms with E-state index in [-0.39, 0.29) is 5.75 Å². The molecular formula is C11H15FN2O4S. The standard InChI is InChI=1S/C11H15FN2O4S/c1-3-14-11(15)7(2)18-9-5-4-8(12)6-10(9)19(13,16)17/h4-7H,3H2,1-2H3,(H,14,15)(H2,13,16,17). The maximum Gasteiger partial charge on any atom is 0.260 e. The molecule has 0 aliphatic heterocycles.